The highest BCUT2D eigenvalue weighted by Gasteiger charge is 2.16. The summed E-state index contributed by atoms with van der Waals surface area (Å²) in [5, 5.41) is 1.09. The Kier molecular flexibility index (Phi) is 4.10. The van der Waals surface area contributed by atoms with Crippen LogP contribution in [0.3, 0.4) is 0 Å². The molecule has 2 heteroatoms. The van der Waals surface area contributed by atoms with E-state index in [2.05, 4.69) is 39.0 Å². The summed E-state index contributed by atoms with van der Waals surface area (Å²) in [6.45, 7) is 7.02. The smallest absolute Gasteiger partial charge is 0.134 e. The van der Waals surface area contributed by atoms with Gasteiger partial charge in [-0.2, -0.15) is 0 Å². The SMILES string of the molecule is Cc1nc2ccccc2c(OCc2ccccc2)c1C(C)C. The zero-order valence-corrected chi connectivity index (χ0v) is 13.3. The fourth-order valence-corrected chi connectivity index (χ4v) is 2.88. The third-order valence-electron chi connectivity index (χ3n) is 3.87. The molecule has 112 valence electrons. The lowest BCUT2D eigenvalue weighted by atomic mass is 9.98. The molecule has 0 bridgehead atoms. The molecule has 3 aromatic rings. The van der Waals surface area contributed by atoms with Crippen LogP contribution in [0.4, 0.5) is 0 Å². The Labute approximate surface area is 131 Å². The van der Waals surface area contributed by atoms with E-state index in [-0.39, 0.29) is 0 Å². The van der Waals surface area contributed by atoms with Crippen LogP contribution in [0.5, 0.6) is 5.75 Å². The number of aromatic nitrogens is 1. The normalized spacial score (nSPS) is 11.1. The Morgan fingerprint density at radius 1 is 0.955 bits per heavy atom. The summed E-state index contributed by atoms with van der Waals surface area (Å²) in [6.07, 6.45) is 0. The van der Waals surface area contributed by atoms with Crippen LogP contribution in [0.15, 0.2) is 54.6 Å². The minimum atomic E-state index is 0.378. The first kappa shape index (κ1) is 14.6. The van der Waals surface area contributed by atoms with Gasteiger partial charge in [0.1, 0.15) is 12.4 Å². The van der Waals surface area contributed by atoms with Crippen molar-refractivity contribution in [1.29, 1.82) is 0 Å². The number of nitrogens with zero attached hydrogens (tertiary/aromatic N) is 1. The van der Waals surface area contributed by atoms with Crippen molar-refractivity contribution in [3.63, 3.8) is 0 Å². The van der Waals surface area contributed by atoms with Crippen molar-refractivity contribution in [3.8, 4) is 5.75 Å². The highest BCUT2D eigenvalue weighted by Crippen LogP contribution is 2.35. The van der Waals surface area contributed by atoms with Crippen LogP contribution in [-0.2, 0) is 6.61 Å². The molecule has 0 amide bonds. The van der Waals surface area contributed by atoms with Crippen molar-refractivity contribution in [3.05, 3.63) is 71.4 Å². The minimum absolute atomic E-state index is 0.378. The lowest BCUT2D eigenvalue weighted by molar-refractivity contribution is 0.305. The van der Waals surface area contributed by atoms with Crippen molar-refractivity contribution in [2.45, 2.75) is 33.3 Å². The van der Waals surface area contributed by atoms with Gasteiger partial charge in [-0.05, 0) is 30.5 Å². The fourth-order valence-electron chi connectivity index (χ4n) is 2.88. The average molecular weight is 291 g/mol. The van der Waals surface area contributed by atoms with Crippen LogP contribution in [0, 0.1) is 6.92 Å². The summed E-state index contributed by atoms with van der Waals surface area (Å²) in [4.78, 5) is 4.73. The fraction of sp³-hybridized carbons (Fsp3) is 0.250. The third kappa shape index (κ3) is 2.82. The summed E-state index contributed by atoms with van der Waals surface area (Å²) < 4.78 is 6.24. The van der Waals surface area contributed by atoms with E-state index in [0.717, 1.165) is 22.3 Å². The molecule has 0 unspecified atom stereocenters. The topological polar surface area (TPSA) is 22.1 Å². The highest BCUT2D eigenvalue weighted by atomic mass is 16.5. The van der Waals surface area contributed by atoms with Gasteiger partial charge in [0.25, 0.3) is 0 Å². The molecule has 1 aromatic heterocycles. The van der Waals surface area contributed by atoms with Crippen molar-refractivity contribution in [2.24, 2.45) is 0 Å². The minimum Gasteiger partial charge on any atom is -0.488 e. The van der Waals surface area contributed by atoms with Gasteiger partial charge in [-0.1, -0.05) is 56.3 Å². The molecule has 0 aliphatic carbocycles. The van der Waals surface area contributed by atoms with E-state index in [9.17, 15) is 0 Å². The molecule has 0 saturated carbocycles. The van der Waals surface area contributed by atoms with Crippen molar-refractivity contribution in [2.75, 3.05) is 0 Å². The molecule has 0 spiro atoms. The maximum atomic E-state index is 6.24. The summed E-state index contributed by atoms with van der Waals surface area (Å²) in [6, 6.07) is 18.5. The highest BCUT2D eigenvalue weighted by molar-refractivity contribution is 5.87. The number of aryl methyl sites for hydroxylation is 1. The van der Waals surface area contributed by atoms with Crippen molar-refractivity contribution >= 4 is 10.9 Å². The molecule has 22 heavy (non-hydrogen) atoms. The standard InChI is InChI=1S/C20H21NO/c1-14(2)19-15(3)21-18-12-8-7-11-17(18)20(19)22-13-16-9-5-4-6-10-16/h4-12,14H,13H2,1-3H3. The van der Waals surface area contributed by atoms with E-state index < -0.39 is 0 Å². The Bertz CT molecular complexity index is 778. The number of ether oxygens (including phenoxy) is 1. The number of benzene rings is 2. The number of hydrogen-bond acceptors (Lipinski definition) is 2. The summed E-state index contributed by atoms with van der Waals surface area (Å²) >= 11 is 0. The largest absolute Gasteiger partial charge is 0.488 e. The van der Waals surface area contributed by atoms with Crippen molar-refractivity contribution < 1.29 is 4.74 Å². The van der Waals surface area contributed by atoms with Gasteiger partial charge < -0.3 is 4.74 Å². The van der Waals surface area contributed by atoms with Crippen molar-refractivity contribution in [1.82, 2.24) is 4.98 Å². The second-order valence-corrected chi connectivity index (χ2v) is 5.89. The van der Waals surface area contributed by atoms with E-state index in [4.69, 9.17) is 9.72 Å². The van der Waals surface area contributed by atoms with Crippen LogP contribution in [0.2, 0.25) is 0 Å². The zero-order chi connectivity index (χ0) is 15.5. The monoisotopic (exact) mass is 291 g/mol. The predicted octanol–water partition coefficient (Wildman–Crippen LogP) is 5.25. The summed E-state index contributed by atoms with van der Waals surface area (Å²) in [5.41, 5.74) is 4.43. The van der Waals surface area contributed by atoms with E-state index in [1.807, 2.05) is 36.4 Å². The summed E-state index contributed by atoms with van der Waals surface area (Å²) in [5.74, 6) is 1.35. The molecule has 2 aromatic carbocycles. The van der Waals surface area contributed by atoms with Crippen LogP contribution < -0.4 is 4.74 Å². The third-order valence-corrected chi connectivity index (χ3v) is 3.87. The lowest BCUT2D eigenvalue weighted by Crippen LogP contribution is -2.04. The molecule has 3 rings (SSSR count). The van der Waals surface area contributed by atoms with E-state index >= 15 is 0 Å². The summed E-state index contributed by atoms with van der Waals surface area (Å²) in [7, 11) is 0. The molecule has 0 aliphatic rings. The Morgan fingerprint density at radius 3 is 2.36 bits per heavy atom. The van der Waals surface area contributed by atoms with Crippen LogP contribution >= 0.6 is 0 Å². The number of rotatable bonds is 4. The molecule has 1 heterocycles. The van der Waals surface area contributed by atoms with Gasteiger partial charge >= 0.3 is 0 Å². The van der Waals surface area contributed by atoms with Gasteiger partial charge in [0.05, 0.1) is 5.52 Å². The van der Waals surface area contributed by atoms with Gasteiger partial charge in [0.15, 0.2) is 0 Å². The molecule has 0 radical (unpaired) electrons. The second kappa shape index (κ2) is 6.18. The molecule has 0 atom stereocenters. The molecule has 0 N–H and O–H groups in total. The van der Waals surface area contributed by atoms with Gasteiger partial charge in [-0.25, -0.2) is 0 Å². The Morgan fingerprint density at radius 2 is 1.64 bits per heavy atom. The van der Waals surface area contributed by atoms with Crippen LogP contribution in [0.25, 0.3) is 10.9 Å². The number of pyridine rings is 1. The first-order valence-corrected chi connectivity index (χ1v) is 7.72. The second-order valence-electron chi connectivity index (χ2n) is 5.89. The molecular weight excluding hydrogens is 270 g/mol. The quantitative estimate of drug-likeness (QED) is 0.655. The first-order valence-electron chi connectivity index (χ1n) is 7.72. The number of hydrogen-bond donors (Lipinski definition) is 0. The molecule has 0 aliphatic heterocycles. The van der Waals surface area contributed by atoms with E-state index in [1.54, 1.807) is 0 Å². The predicted molar refractivity (Wildman–Crippen MR) is 91.3 cm³/mol. The van der Waals surface area contributed by atoms with Crippen LogP contribution in [0.1, 0.15) is 36.6 Å². The molecular formula is C20H21NO. The number of fused-ring (bicyclic) bond motifs is 1. The Balaban J connectivity index is 2.07. The van der Waals surface area contributed by atoms with Gasteiger partial charge in [0.2, 0.25) is 0 Å². The van der Waals surface area contributed by atoms with Gasteiger partial charge in [0, 0.05) is 16.6 Å². The zero-order valence-electron chi connectivity index (χ0n) is 13.3. The maximum absolute atomic E-state index is 6.24. The maximum Gasteiger partial charge on any atom is 0.134 e. The van der Waals surface area contributed by atoms with E-state index in [1.165, 1.54) is 11.1 Å². The van der Waals surface area contributed by atoms with Crippen LogP contribution in [-0.4, -0.2) is 4.98 Å². The molecule has 2 nitrogen and oxygen atoms in total. The van der Waals surface area contributed by atoms with E-state index in [0.29, 0.717) is 12.5 Å². The van der Waals surface area contributed by atoms with Gasteiger partial charge in [-0.15, -0.1) is 0 Å². The van der Waals surface area contributed by atoms with Gasteiger partial charge in [-0.3, -0.25) is 4.98 Å². The first-order chi connectivity index (χ1) is 10.7. The number of para-hydroxylation sites is 1. The average Bonchev–Trinajstić information content (AvgIpc) is 2.52. The molecule has 0 fully saturated rings. The lowest BCUT2D eigenvalue weighted by Gasteiger charge is -2.18. The molecule has 0 saturated heterocycles. The Hall–Kier alpha value is -2.35.